The van der Waals surface area contributed by atoms with E-state index in [4.69, 9.17) is 15.1 Å². The van der Waals surface area contributed by atoms with Gasteiger partial charge in [0.15, 0.2) is 6.19 Å². The molecule has 1 N–H and O–H groups in total. The van der Waals surface area contributed by atoms with Crippen molar-refractivity contribution in [2.24, 2.45) is 5.92 Å². The Kier molecular flexibility index (Phi) is 6.28. The molecule has 2 aliphatic rings. The van der Waals surface area contributed by atoms with Crippen molar-refractivity contribution in [1.29, 1.82) is 10.5 Å². The summed E-state index contributed by atoms with van der Waals surface area (Å²) in [6.07, 6.45) is 5.16. The highest BCUT2D eigenvalue weighted by molar-refractivity contribution is 5.81. The van der Waals surface area contributed by atoms with Crippen LogP contribution in [-0.2, 0) is 17.9 Å². The Morgan fingerprint density at radius 1 is 1.27 bits per heavy atom. The number of rotatable bonds is 6. The summed E-state index contributed by atoms with van der Waals surface area (Å²) in [6, 6.07) is 6.45. The standard InChI is InChI=1S/C27H24FN9O3/c1-16-22-13-35(27(39)19-10-34(11-19)15-30)4-5-36(22)33-25(16)17-6-24(26-18(7-29)8-32-37(26)12-17)40-14-23(38)21-3-2-20(28)9-31-21/h2-3,6,8-9,12,19,23,38H,4-5,10-11,13-14H2,1H3. The molecule has 1 unspecified atom stereocenters. The van der Waals surface area contributed by atoms with Crippen LogP contribution in [0, 0.1) is 41.4 Å². The summed E-state index contributed by atoms with van der Waals surface area (Å²) in [7, 11) is 0. The number of halogens is 1. The van der Waals surface area contributed by atoms with Crippen LogP contribution >= 0.6 is 0 Å². The van der Waals surface area contributed by atoms with E-state index in [0.717, 1.165) is 17.5 Å². The molecule has 40 heavy (non-hydrogen) atoms. The molecule has 13 heteroatoms. The van der Waals surface area contributed by atoms with Gasteiger partial charge in [-0.2, -0.15) is 20.7 Å². The van der Waals surface area contributed by atoms with Gasteiger partial charge in [0.25, 0.3) is 0 Å². The number of aliphatic hydroxyl groups is 1. The zero-order valence-electron chi connectivity index (χ0n) is 21.5. The van der Waals surface area contributed by atoms with Crippen molar-refractivity contribution in [3.05, 3.63) is 65.1 Å². The van der Waals surface area contributed by atoms with E-state index in [0.29, 0.717) is 60.8 Å². The van der Waals surface area contributed by atoms with Crippen LogP contribution in [0.5, 0.6) is 5.75 Å². The maximum Gasteiger partial charge on any atom is 0.229 e. The summed E-state index contributed by atoms with van der Waals surface area (Å²) in [4.78, 5) is 20.3. The minimum absolute atomic E-state index is 0.0479. The van der Waals surface area contributed by atoms with Crippen LogP contribution in [0.1, 0.15) is 28.6 Å². The van der Waals surface area contributed by atoms with Crippen molar-refractivity contribution in [2.75, 3.05) is 26.2 Å². The molecule has 0 saturated carbocycles. The topological polar surface area (TPSA) is 149 Å². The number of hydrogen-bond donors (Lipinski definition) is 1. The van der Waals surface area contributed by atoms with Crippen LogP contribution in [0.15, 0.2) is 36.8 Å². The molecule has 4 aromatic rings. The fourth-order valence-corrected chi connectivity index (χ4v) is 5.13. The molecule has 0 bridgehead atoms. The molecule has 1 saturated heterocycles. The largest absolute Gasteiger partial charge is 0.488 e. The van der Waals surface area contributed by atoms with Gasteiger partial charge in [-0.1, -0.05) is 0 Å². The van der Waals surface area contributed by atoms with Gasteiger partial charge < -0.3 is 19.6 Å². The minimum Gasteiger partial charge on any atom is -0.488 e. The van der Waals surface area contributed by atoms with Gasteiger partial charge in [0.1, 0.15) is 41.4 Å². The SMILES string of the molecule is Cc1c(-c2cc(OCC(O)c3ccc(F)cn3)c3c(C#N)cnn3c2)nn2c1CN(C(=O)C1CN(C#N)C1)CC2. The third-order valence-electron chi connectivity index (χ3n) is 7.39. The van der Waals surface area contributed by atoms with E-state index < -0.39 is 11.9 Å². The highest BCUT2D eigenvalue weighted by atomic mass is 19.1. The molecule has 0 aromatic carbocycles. The Morgan fingerprint density at radius 2 is 2.10 bits per heavy atom. The molecule has 1 fully saturated rings. The number of nitriles is 2. The van der Waals surface area contributed by atoms with E-state index in [1.165, 1.54) is 22.8 Å². The lowest BCUT2D eigenvalue weighted by Crippen LogP contribution is -2.53. The quantitative estimate of drug-likeness (QED) is 0.361. The summed E-state index contributed by atoms with van der Waals surface area (Å²) in [6.45, 7) is 4.16. The second-order valence-electron chi connectivity index (χ2n) is 9.89. The molecule has 6 heterocycles. The lowest BCUT2D eigenvalue weighted by atomic mass is 9.98. The van der Waals surface area contributed by atoms with Crippen molar-refractivity contribution in [2.45, 2.75) is 26.1 Å². The number of pyridine rings is 2. The first-order chi connectivity index (χ1) is 19.4. The van der Waals surface area contributed by atoms with E-state index in [2.05, 4.69) is 22.3 Å². The smallest absolute Gasteiger partial charge is 0.229 e. The number of aliphatic hydroxyl groups excluding tert-OH is 1. The number of hydrogen-bond acceptors (Lipinski definition) is 9. The maximum absolute atomic E-state index is 13.2. The normalized spacial score (nSPS) is 15.7. The first kappa shape index (κ1) is 25.3. The molecule has 6 rings (SSSR count). The zero-order chi connectivity index (χ0) is 28.0. The summed E-state index contributed by atoms with van der Waals surface area (Å²) < 4.78 is 22.6. The van der Waals surface area contributed by atoms with Gasteiger partial charge in [0.05, 0.1) is 48.5 Å². The van der Waals surface area contributed by atoms with Crippen LogP contribution in [-0.4, -0.2) is 71.4 Å². The predicted octanol–water partition coefficient (Wildman–Crippen LogP) is 1.78. The predicted molar refractivity (Wildman–Crippen MR) is 137 cm³/mol. The van der Waals surface area contributed by atoms with E-state index in [-0.39, 0.29) is 24.1 Å². The fraction of sp³-hybridized carbons (Fsp3) is 0.333. The van der Waals surface area contributed by atoms with Crippen molar-refractivity contribution in [3.63, 3.8) is 0 Å². The summed E-state index contributed by atoms with van der Waals surface area (Å²) in [5, 5.41) is 38.3. The molecule has 1 atom stereocenters. The van der Waals surface area contributed by atoms with Gasteiger partial charge in [-0.3, -0.25) is 14.5 Å². The number of nitrogens with zero attached hydrogens (tertiary/aromatic N) is 9. The molecule has 4 aromatic heterocycles. The summed E-state index contributed by atoms with van der Waals surface area (Å²) >= 11 is 0. The second kappa shape index (κ2) is 9.94. The lowest BCUT2D eigenvalue weighted by molar-refractivity contribution is -0.141. The van der Waals surface area contributed by atoms with Gasteiger partial charge >= 0.3 is 0 Å². The second-order valence-corrected chi connectivity index (χ2v) is 9.89. The molecule has 0 radical (unpaired) electrons. The van der Waals surface area contributed by atoms with E-state index in [1.807, 2.05) is 16.5 Å². The average Bonchev–Trinajstić information content (AvgIpc) is 3.51. The number of carbonyl (C=O) groups is 1. The fourth-order valence-electron chi connectivity index (χ4n) is 5.13. The van der Waals surface area contributed by atoms with Gasteiger partial charge in [-0.15, -0.1) is 0 Å². The molecular formula is C27H24FN9O3. The Hall–Kier alpha value is -5.01. The number of likely N-dealkylation sites (tertiary alicyclic amines) is 1. The third kappa shape index (κ3) is 4.36. The van der Waals surface area contributed by atoms with E-state index in [9.17, 15) is 19.6 Å². The number of ether oxygens (including phenoxy) is 1. The highest BCUT2D eigenvalue weighted by Gasteiger charge is 2.37. The number of amides is 1. The maximum atomic E-state index is 13.2. The summed E-state index contributed by atoms with van der Waals surface area (Å²) in [5.41, 5.74) is 4.19. The van der Waals surface area contributed by atoms with Gasteiger partial charge in [-0.05, 0) is 25.1 Å². The number of fused-ring (bicyclic) bond motifs is 2. The van der Waals surface area contributed by atoms with Crippen molar-refractivity contribution in [1.82, 2.24) is 34.2 Å². The molecule has 2 aliphatic heterocycles. The van der Waals surface area contributed by atoms with Gasteiger partial charge in [0, 0.05) is 37.0 Å². The Morgan fingerprint density at radius 3 is 2.83 bits per heavy atom. The van der Waals surface area contributed by atoms with Crippen molar-refractivity contribution in [3.8, 4) is 29.3 Å². The average molecular weight is 542 g/mol. The van der Waals surface area contributed by atoms with E-state index in [1.54, 1.807) is 17.2 Å². The third-order valence-corrected chi connectivity index (χ3v) is 7.39. The Labute approximate surface area is 228 Å². The monoisotopic (exact) mass is 541 g/mol. The van der Waals surface area contributed by atoms with E-state index >= 15 is 0 Å². The van der Waals surface area contributed by atoms with Crippen LogP contribution in [0.2, 0.25) is 0 Å². The number of aromatic nitrogens is 5. The van der Waals surface area contributed by atoms with Crippen molar-refractivity contribution >= 4 is 11.4 Å². The molecule has 12 nitrogen and oxygen atoms in total. The molecule has 0 spiro atoms. The van der Waals surface area contributed by atoms with Crippen LogP contribution in [0.3, 0.4) is 0 Å². The van der Waals surface area contributed by atoms with Crippen LogP contribution in [0.4, 0.5) is 4.39 Å². The van der Waals surface area contributed by atoms with Gasteiger partial charge in [0.2, 0.25) is 5.91 Å². The highest BCUT2D eigenvalue weighted by Crippen LogP contribution is 2.34. The number of carbonyl (C=O) groups excluding carboxylic acids is 1. The van der Waals surface area contributed by atoms with Gasteiger partial charge in [-0.25, -0.2) is 8.91 Å². The van der Waals surface area contributed by atoms with Crippen LogP contribution < -0.4 is 4.74 Å². The minimum atomic E-state index is -1.13. The Bertz CT molecular complexity index is 1690. The first-order valence-electron chi connectivity index (χ1n) is 12.7. The molecular weight excluding hydrogens is 517 g/mol. The lowest BCUT2D eigenvalue weighted by Gasteiger charge is -2.38. The zero-order valence-corrected chi connectivity index (χ0v) is 21.5. The van der Waals surface area contributed by atoms with Crippen molar-refractivity contribution < 1.29 is 19.0 Å². The molecule has 202 valence electrons. The van der Waals surface area contributed by atoms with Crippen LogP contribution in [0.25, 0.3) is 16.8 Å². The molecule has 0 aliphatic carbocycles. The Balaban J connectivity index is 1.28. The summed E-state index contributed by atoms with van der Waals surface area (Å²) in [5.74, 6) is -0.303. The first-order valence-corrected chi connectivity index (χ1v) is 12.7. The molecule has 1 amide bonds.